The smallest absolute Gasteiger partial charge is 0.199 e. The number of alkyl halides is 1. The van der Waals surface area contributed by atoms with Crippen molar-refractivity contribution in [3.8, 4) is 12.3 Å². The van der Waals surface area contributed by atoms with Crippen LogP contribution in [0.1, 0.15) is 26.7 Å². The molecule has 0 amide bonds. The maximum Gasteiger partial charge on any atom is 0.199 e. The summed E-state index contributed by atoms with van der Waals surface area (Å²) in [5, 5.41) is 0. The molecule has 1 nitrogen and oxygen atoms in total. The zero-order valence-electron chi connectivity index (χ0n) is 12.1. The Morgan fingerprint density at radius 3 is 2.28 bits per heavy atom. The molecule has 0 saturated carbocycles. The monoisotopic (exact) mass is 328 g/mol. The van der Waals surface area contributed by atoms with Crippen LogP contribution in [0.2, 0.25) is 13.1 Å². The lowest BCUT2D eigenvalue weighted by Crippen LogP contribution is -2.47. The van der Waals surface area contributed by atoms with Crippen LogP contribution in [0.3, 0.4) is 0 Å². The van der Waals surface area contributed by atoms with Gasteiger partial charge in [0.15, 0.2) is 8.32 Å². The zero-order chi connectivity index (χ0) is 14.4. The fourth-order valence-corrected chi connectivity index (χ4v) is 3.56. The van der Waals surface area contributed by atoms with Crippen LogP contribution in [0.25, 0.3) is 0 Å². The summed E-state index contributed by atoms with van der Waals surface area (Å²) in [6, 6.07) is 0. The summed E-state index contributed by atoms with van der Waals surface area (Å²) in [6.07, 6.45) is 11.0. The Balaban J connectivity index is 5.24. The van der Waals surface area contributed by atoms with Gasteiger partial charge < -0.3 is 4.43 Å². The van der Waals surface area contributed by atoms with Gasteiger partial charge in [-0.3, -0.25) is 0 Å². The predicted octanol–water partition coefficient (Wildman–Crippen LogP) is 4.69. The molecular weight excluding hydrogens is 304 g/mol. The molecule has 0 fully saturated rings. The number of rotatable bonds is 8. The van der Waals surface area contributed by atoms with Crippen LogP contribution < -0.4 is 0 Å². The second kappa shape index (κ2) is 6.74. The normalized spacial score (nSPS) is 15.6. The van der Waals surface area contributed by atoms with Crippen LogP contribution in [0.4, 0.5) is 0 Å². The van der Waals surface area contributed by atoms with Crippen molar-refractivity contribution < 1.29 is 4.43 Å². The van der Waals surface area contributed by atoms with E-state index in [1.807, 2.05) is 12.2 Å². The Bertz CT molecular complexity index is 341. The molecule has 3 heteroatoms. The molecule has 0 N–H and O–H groups in total. The summed E-state index contributed by atoms with van der Waals surface area (Å²) in [5.74, 6) is 2.87. The second-order valence-electron chi connectivity index (χ2n) is 6.00. The summed E-state index contributed by atoms with van der Waals surface area (Å²) in [6.45, 7) is 16.3. The van der Waals surface area contributed by atoms with Gasteiger partial charge in [0.05, 0.1) is 0 Å². The highest BCUT2D eigenvalue weighted by Crippen LogP contribution is 2.36. The molecule has 102 valence electrons. The molecule has 0 aromatic carbocycles. The Morgan fingerprint density at radius 1 is 1.39 bits per heavy atom. The Kier molecular flexibility index (Phi) is 6.63. The summed E-state index contributed by atoms with van der Waals surface area (Å²) in [5.41, 5.74) is -0.616. The lowest BCUT2D eigenvalue weighted by Gasteiger charge is -2.39. The summed E-state index contributed by atoms with van der Waals surface area (Å²) in [4.78, 5) is 0.870. The van der Waals surface area contributed by atoms with Crippen molar-refractivity contribution in [2.75, 3.05) is 4.95 Å². The van der Waals surface area contributed by atoms with Crippen LogP contribution in [0.15, 0.2) is 25.3 Å². The van der Waals surface area contributed by atoms with E-state index in [-0.39, 0.29) is 5.41 Å². The highest BCUT2D eigenvalue weighted by molar-refractivity contribution is 9.09. The Labute approximate surface area is 122 Å². The van der Waals surface area contributed by atoms with Gasteiger partial charge in [0.2, 0.25) is 0 Å². The first-order valence-corrected chi connectivity index (χ1v) is 10.4. The minimum atomic E-state index is -1.79. The molecule has 18 heavy (non-hydrogen) atoms. The number of hydrogen-bond acceptors (Lipinski definition) is 1. The molecular formula is C15H25BrOSi. The van der Waals surface area contributed by atoms with E-state index >= 15 is 0 Å². The summed E-state index contributed by atoms with van der Waals surface area (Å²) in [7, 11) is -1.79. The van der Waals surface area contributed by atoms with Crippen LogP contribution in [-0.2, 0) is 4.43 Å². The number of halogens is 1. The lowest BCUT2D eigenvalue weighted by atomic mass is 9.79. The third kappa shape index (κ3) is 5.56. The molecule has 0 saturated heterocycles. The second-order valence-corrected chi connectivity index (χ2v) is 11.7. The minimum Gasteiger partial charge on any atom is -0.400 e. The van der Waals surface area contributed by atoms with Gasteiger partial charge in [-0.25, -0.2) is 0 Å². The van der Waals surface area contributed by atoms with Crippen molar-refractivity contribution in [2.45, 2.75) is 45.4 Å². The minimum absolute atomic E-state index is 0.0494. The largest absolute Gasteiger partial charge is 0.400 e. The molecule has 0 aliphatic rings. The van der Waals surface area contributed by atoms with Crippen LogP contribution in [0, 0.1) is 17.8 Å². The van der Waals surface area contributed by atoms with Crippen LogP contribution in [0.5, 0.6) is 0 Å². The van der Waals surface area contributed by atoms with E-state index in [1.54, 1.807) is 0 Å². The molecule has 0 aliphatic heterocycles. The van der Waals surface area contributed by atoms with E-state index in [0.29, 0.717) is 6.42 Å². The first kappa shape index (κ1) is 17.7. The number of terminal acetylenes is 1. The van der Waals surface area contributed by atoms with E-state index in [2.05, 4.69) is 61.9 Å². The lowest BCUT2D eigenvalue weighted by molar-refractivity contribution is 0.0846. The third-order valence-corrected chi connectivity index (χ3v) is 8.46. The number of allylic oxidation sites excluding steroid dienone is 1. The SMILES string of the molecule is C#CC(CC=C)(CC(C)(C)C=C)O[Si](C)(C)CBr. The van der Waals surface area contributed by atoms with E-state index in [0.717, 1.165) is 11.4 Å². The summed E-state index contributed by atoms with van der Waals surface area (Å²) < 4.78 is 6.34. The average Bonchev–Trinajstić information content (AvgIpc) is 2.28. The van der Waals surface area contributed by atoms with Gasteiger partial charge in [-0.05, 0) is 24.9 Å². The molecule has 1 unspecified atom stereocenters. The van der Waals surface area contributed by atoms with Crippen LogP contribution >= 0.6 is 15.9 Å². The van der Waals surface area contributed by atoms with Crippen molar-refractivity contribution in [1.29, 1.82) is 0 Å². The Morgan fingerprint density at radius 2 is 1.94 bits per heavy atom. The van der Waals surface area contributed by atoms with E-state index in [4.69, 9.17) is 10.8 Å². The first-order chi connectivity index (χ1) is 8.16. The van der Waals surface area contributed by atoms with Crippen molar-refractivity contribution >= 4 is 24.2 Å². The van der Waals surface area contributed by atoms with Crippen molar-refractivity contribution in [2.24, 2.45) is 5.41 Å². The van der Waals surface area contributed by atoms with Gasteiger partial charge in [-0.2, -0.15) is 0 Å². The van der Waals surface area contributed by atoms with Crippen LogP contribution in [-0.4, -0.2) is 18.9 Å². The molecule has 0 radical (unpaired) electrons. The Hall–Kier alpha value is -0.303. The molecule has 1 atom stereocenters. The maximum atomic E-state index is 6.34. The van der Waals surface area contributed by atoms with E-state index in [9.17, 15) is 0 Å². The van der Waals surface area contributed by atoms with Gasteiger partial charge in [-0.15, -0.1) is 19.6 Å². The molecule has 0 rings (SSSR count). The quantitative estimate of drug-likeness (QED) is 0.272. The standard InChI is InChI=1S/C15H25BrOSi/c1-8-11-15(10-3,12-14(4,5)9-2)17-18(6,7)13-16/h3,8-9H,1-2,11-13H2,4-7H3. The highest BCUT2D eigenvalue weighted by atomic mass is 79.9. The molecule has 0 aromatic rings. The van der Waals surface area contributed by atoms with Crippen molar-refractivity contribution in [3.63, 3.8) is 0 Å². The van der Waals surface area contributed by atoms with Gasteiger partial charge in [0, 0.05) is 11.4 Å². The van der Waals surface area contributed by atoms with Gasteiger partial charge in [0.25, 0.3) is 0 Å². The average molecular weight is 329 g/mol. The van der Waals surface area contributed by atoms with Gasteiger partial charge in [0.1, 0.15) is 5.60 Å². The first-order valence-electron chi connectivity index (χ1n) is 6.14. The van der Waals surface area contributed by atoms with E-state index in [1.165, 1.54) is 0 Å². The molecule has 0 aliphatic carbocycles. The fourth-order valence-electron chi connectivity index (χ4n) is 1.89. The maximum absolute atomic E-state index is 6.34. The molecule has 0 spiro atoms. The molecule has 0 bridgehead atoms. The fraction of sp³-hybridized carbons (Fsp3) is 0.600. The van der Waals surface area contributed by atoms with Gasteiger partial charge >= 0.3 is 0 Å². The highest BCUT2D eigenvalue weighted by Gasteiger charge is 2.38. The number of hydrogen-bond donors (Lipinski definition) is 0. The summed E-state index contributed by atoms with van der Waals surface area (Å²) >= 11 is 3.52. The molecule has 0 aromatic heterocycles. The third-order valence-electron chi connectivity index (χ3n) is 2.82. The topological polar surface area (TPSA) is 9.23 Å². The molecule has 0 heterocycles. The van der Waals surface area contributed by atoms with Gasteiger partial charge in [-0.1, -0.05) is 47.8 Å². The van der Waals surface area contributed by atoms with Crippen molar-refractivity contribution in [3.05, 3.63) is 25.3 Å². The van der Waals surface area contributed by atoms with Crippen molar-refractivity contribution in [1.82, 2.24) is 0 Å². The predicted molar refractivity (Wildman–Crippen MR) is 87.3 cm³/mol. The van der Waals surface area contributed by atoms with E-state index < -0.39 is 13.9 Å². The zero-order valence-corrected chi connectivity index (χ0v) is 14.6.